The Kier molecular flexibility index (Phi) is 4.87. The van der Waals surface area contributed by atoms with Crippen LogP contribution in [0.3, 0.4) is 0 Å². The minimum absolute atomic E-state index is 0.169. The number of anilines is 1. The zero-order chi connectivity index (χ0) is 20.6. The number of benzene rings is 1. The van der Waals surface area contributed by atoms with Crippen LogP contribution in [0.15, 0.2) is 60.3 Å². The number of sulfone groups is 1. The molecule has 1 aromatic carbocycles. The minimum atomic E-state index is -3.53. The molecule has 0 saturated carbocycles. The Hall–Kier alpha value is -2.98. The fourth-order valence-corrected chi connectivity index (χ4v) is 6.02. The smallest absolute Gasteiger partial charge is 0.185 e. The summed E-state index contributed by atoms with van der Waals surface area (Å²) >= 11 is 1.09. The van der Waals surface area contributed by atoms with Crippen LogP contribution >= 0.6 is 11.5 Å². The predicted molar refractivity (Wildman–Crippen MR) is 114 cm³/mol. The maximum absolute atomic E-state index is 12.8. The highest BCUT2D eigenvalue weighted by atomic mass is 32.2. The van der Waals surface area contributed by atoms with Crippen LogP contribution in [0.2, 0.25) is 0 Å². The topological polar surface area (TPSA) is 102 Å². The molecular formula is C20H18N6O2S2. The Morgan fingerprint density at radius 3 is 2.73 bits per heavy atom. The van der Waals surface area contributed by atoms with Crippen molar-refractivity contribution in [1.29, 1.82) is 0 Å². The van der Waals surface area contributed by atoms with Gasteiger partial charge in [-0.1, -0.05) is 0 Å². The van der Waals surface area contributed by atoms with Crippen molar-refractivity contribution in [3.63, 3.8) is 0 Å². The molecule has 5 rings (SSSR count). The highest BCUT2D eigenvalue weighted by molar-refractivity contribution is 7.90. The fraction of sp³-hybridized carbons (Fsp3) is 0.250. The summed E-state index contributed by atoms with van der Waals surface area (Å²) in [6, 6.07) is 9.33. The average Bonchev–Trinajstić information content (AvgIpc) is 3.45. The van der Waals surface area contributed by atoms with E-state index in [1.165, 1.54) is 18.2 Å². The molecule has 3 aromatic heterocycles. The summed E-state index contributed by atoms with van der Waals surface area (Å²) in [7, 11) is -3.53. The molecule has 0 radical (unpaired) electrons. The van der Waals surface area contributed by atoms with Crippen molar-refractivity contribution in [2.45, 2.75) is 29.5 Å². The van der Waals surface area contributed by atoms with Crippen molar-refractivity contribution in [1.82, 2.24) is 24.3 Å². The van der Waals surface area contributed by atoms with E-state index in [4.69, 9.17) is 0 Å². The molecule has 1 unspecified atom stereocenters. The van der Waals surface area contributed by atoms with Gasteiger partial charge in [0.2, 0.25) is 0 Å². The molecule has 0 amide bonds. The molecular weight excluding hydrogens is 420 g/mol. The first-order chi connectivity index (χ1) is 14.6. The highest BCUT2D eigenvalue weighted by Gasteiger charge is 2.28. The third-order valence-corrected chi connectivity index (χ3v) is 7.75. The molecule has 1 aliphatic rings. The molecule has 1 fully saturated rings. The summed E-state index contributed by atoms with van der Waals surface area (Å²) in [6.45, 7) is 0.885. The monoisotopic (exact) mass is 438 g/mol. The number of fused-ring (bicyclic) bond motifs is 1. The molecule has 1 saturated heterocycles. The van der Waals surface area contributed by atoms with Gasteiger partial charge >= 0.3 is 0 Å². The van der Waals surface area contributed by atoms with E-state index in [9.17, 15) is 8.42 Å². The molecule has 4 heterocycles. The van der Waals surface area contributed by atoms with Crippen LogP contribution in [0.1, 0.15) is 29.5 Å². The van der Waals surface area contributed by atoms with Crippen LogP contribution in [0, 0.1) is 0 Å². The number of rotatable bonds is 5. The van der Waals surface area contributed by atoms with E-state index in [2.05, 4.69) is 29.2 Å². The SMILES string of the molecule is O=S(=O)(Cc1ncns1)c1ccc2c(N3CCCC3c3ccncc3)ncnc2c1. The number of hydrogen-bond acceptors (Lipinski definition) is 9. The number of hydrogen-bond donors (Lipinski definition) is 0. The standard InChI is InChI=1S/C20H18N6O2S2/c27-30(28,11-19-23-13-25-29-19)15-3-4-16-17(10-15)22-12-24-20(16)26-9-1-2-18(26)14-5-7-21-8-6-14/h3-8,10,12-13,18H,1-2,9,11H2. The third kappa shape index (κ3) is 3.52. The Labute approximate surface area is 177 Å². The zero-order valence-corrected chi connectivity index (χ0v) is 17.6. The molecule has 152 valence electrons. The zero-order valence-electron chi connectivity index (χ0n) is 15.9. The molecule has 0 aliphatic carbocycles. The van der Waals surface area contributed by atoms with Crippen molar-refractivity contribution in [2.75, 3.05) is 11.4 Å². The maximum atomic E-state index is 12.8. The van der Waals surface area contributed by atoms with Gasteiger partial charge < -0.3 is 4.90 Å². The minimum Gasteiger partial charge on any atom is -0.349 e. The molecule has 1 atom stereocenters. The van der Waals surface area contributed by atoms with Crippen molar-refractivity contribution >= 4 is 38.1 Å². The molecule has 10 heteroatoms. The second-order valence-corrected chi connectivity index (χ2v) is 9.96. The summed E-state index contributed by atoms with van der Waals surface area (Å²) in [6.07, 6.45) is 8.57. The molecule has 0 spiro atoms. The number of aromatic nitrogens is 5. The number of pyridine rings is 1. The van der Waals surface area contributed by atoms with E-state index in [0.717, 1.165) is 42.1 Å². The largest absolute Gasteiger partial charge is 0.349 e. The maximum Gasteiger partial charge on any atom is 0.185 e. The Morgan fingerprint density at radius 2 is 1.93 bits per heavy atom. The van der Waals surface area contributed by atoms with Crippen LogP contribution < -0.4 is 4.90 Å². The van der Waals surface area contributed by atoms with Crippen LogP contribution in [-0.2, 0) is 15.6 Å². The Morgan fingerprint density at radius 1 is 1.07 bits per heavy atom. The van der Waals surface area contributed by atoms with Gasteiger partial charge in [0.15, 0.2) is 9.84 Å². The van der Waals surface area contributed by atoms with Crippen molar-refractivity contribution in [3.8, 4) is 0 Å². The van der Waals surface area contributed by atoms with Crippen molar-refractivity contribution < 1.29 is 8.42 Å². The molecule has 8 nitrogen and oxygen atoms in total. The normalized spacial score (nSPS) is 16.9. The molecule has 30 heavy (non-hydrogen) atoms. The lowest BCUT2D eigenvalue weighted by atomic mass is 10.1. The fourth-order valence-electron chi connectivity index (χ4n) is 3.90. The quantitative estimate of drug-likeness (QED) is 0.468. The Bertz CT molecular complexity index is 1280. The summed E-state index contributed by atoms with van der Waals surface area (Å²) in [4.78, 5) is 19.5. The van der Waals surface area contributed by atoms with E-state index < -0.39 is 9.84 Å². The average molecular weight is 439 g/mol. The molecule has 0 bridgehead atoms. The van der Waals surface area contributed by atoms with Gasteiger partial charge in [-0.25, -0.2) is 23.4 Å². The van der Waals surface area contributed by atoms with Gasteiger partial charge in [-0.3, -0.25) is 4.98 Å². The van der Waals surface area contributed by atoms with Gasteiger partial charge in [-0.2, -0.15) is 4.37 Å². The summed E-state index contributed by atoms with van der Waals surface area (Å²) in [5.74, 6) is 0.657. The van der Waals surface area contributed by atoms with Gasteiger partial charge in [-0.15, -0.1) is 0 Å². The van der Waals surface area contributed by atoms with Crippen molar-refractivity contribution in [3.05, 3.63) is 66.0 Å². The first kappa shape index (κ1) is 19.0. The van der Waals surface area contributed by atoms with Crippen LogP contribution in [0.4, 0.5) is 5.82 Å². The van der Waals surface area contributed by atoms with E-state index in [1.54, 1.807) is 30.6 Å². The van der Waals surface area contributed by atoms with Crippen LogP contribution in [-0.4, -0.2) is 39.3 Å². The van der Waals surface area contributed by atoms with Crippen LogP contribution in [0.25, 0.3) is 10.9 Å². The second kappa shape index (κ2) is 7.69. The lowest BCUT2D eigenvalue weighted by molar-refractivity contribution is 0.595. The first-order valence-electron chi connectivity index (χ1n) is 9.51. The van der Waals surface area contributed by atoms with Gasteiger partial charge in [0, 0.05) is 24.3 Å². The Balaban J connectivity index is 1.52. The van der Waals surface area contributed by atoms with Crippen molar-refractivity contribution in [2.24, 2.45) is 0 Å². The number of nitrogens with zero attached hydrogens (tertiary/aromatic N) is 6. The third-order valence-electron chi connectivity index (χ3n) is 5.28. The lowest BCUT2D eigenvalue weighted by Gasteiger charge is -2.27. The van der Waals surface area contributed by atoms with Gasteiger partial charge in [0.1, 0.15) is 29.2 Å². The van der Waals surface area contributed by atoms with Gasteiger partial charge in [0.25, 0.3) is 0 Å². The van der Waals surface area contributed by atoms with E-state index in [-0.39, 0.29) is 16.7 Å². The van der Waals surface area contributed by atoms with Crippen LogP contribution in [0.5, 0.6) is 0 Å². The summed E-state index contributed by atoms with van der Waals surface area (Å²) < 4.78 is 29.5. The van der Waals surface area contributed by atoms with E-state index >= 15 is 0 Å². The second-order valence-electron chi connectivity index (χ2n) is 7.10. The van der Waals surface area contributed by atoms with Gasteiger partial charge in [-0.05, 0) is 60.3 Å². The molecule has 4 aromatic rings. The lowest BCUT2D eigenvalue weighted by Crippen LogP contribution is -2.24. The van der Waals surface area contributed by atoms with E-state index in [0.29, 0.717) is 10.5 Å². The molecule has 0 N–H and O–H groups in total. The highest BCUT2D eigenvalue weighted by Crippen LogP contribution is 2.38. The molecule has 1 aliphatic heterocycles. The predicted octanol–water partition coefficient (Wildman–Crippen LogP) is 3.19. The first-order valence-corrected chi connectivity index (χ1v) is 11.9. The summed E-state index contributed by atoms with van der Waals surface area (Å²) in [5, 5.41) is 1.31. The summed E-state index contributed by atoms with van der Waals surface area (Å²) in [5.41, 5.74) is 1.81. The van der Waals surface area contributed by atoms with Gasteiger partial charge in [0.05, 0.1) is 16.5 Å². The van der Waals surface area contributed by atoms with E-state index in [1.807, 2.05) is 12.1 Å².